The van der Waals surface area contributed by atoms with Gasteiger partial charge in [0.25, 0.3) is 5.91 Å². The number of anilines is 1. The van der Waals surface area contributed by atoms with Crippen LogP contribution in [0.15, 0.2) is 12.3 Å². The van der Waals surface area contributed by atoms with E-state index in [1.54, 1.807) is 13.1 Å². The number of nitrogens with zero attached hydrogens (tertiary/aromatic N) is 4. The number of carbonyl (C=O) groups excluding carboxylic acids is 1. The molecule has 0 aliphatic carbocycles. The summed E-state index contributed by atoms with van der Waals surface area (Å²) in [5, 5.41) is 5.95. The van der Waals surface area contributed by atoms with Gasteiger partial charge in [-0.25, -0.2) is 19.3 Å². The maximum Gasteiger partial charge on any atom is 0.288 e. The number of rotatable bonds is 6. The highest BCUT2D eigenvalue weighted by atomic mass is 19.1. The normalized spacial score (nSPS) is 16.3. The molecule has 8 nitrogen and oxygen atoms in total. The molecule has 1 amide bonds. The van der Waals surface area contributed by atoms with Crippen LogP contribution in [0.3, 0.4) is 0 Å². The minimum absolute atomic E-state index is 0.00108. The third-order valence-corrected chi connectivity index (χ3v) is 4.99. The van der Waals surface area contributed by atoms with Crippen LogP contribution in [0.1, 0.15) is 33.9 Å². The Kier molecular flexibility index (Phi) is 6.03. The Morgan fingerprint density at radius 3 is 2.89 bits per heavy atom. The Morgan fingerprint density at radius 1 is 1.39 bits per heavy atom. The van der Waals surface area contributed by atoms with Gasteiger partial charge in [0.1, 0.15) is 5.82 Å². The number of ether oxygens (including phenoxy) is 1. The van der Waals surface area contributed by atoms with Gasteiger partial charge in [-0.2, -0.15) is 0 Å². The van der Waals surface area contributed by atoms with Gasteiger partial charge < -0.3 is 20.3 Å². The Morgan fingerprint density at radius 2 is 2.18 bits per heavy atom. The summed E-state index contributed by atoms with van der Waals surface area (Å²) in [6.45, 7) is 5.73. The summed E-state index contributed by atoms with van der Waals surface area (Å²) in [5.41, 5.74) is 2.26. The second kappa shape index (κ2) is 8.47. The van der Waals surface area contributed by atoms with Gasteiger partial charge in [-0.1, -0.05) is 0 Å². The van der Waals surface area contributed by atoms with Crippen LogP contribution in [0.25, 0.3) is 0 Å². The van der Waals surface area contributed by atoms with E-state index < -0.39 is 5.82 Å². The maximum absolute atomic E-state index is 14.2. The maximum atomic E-state index is 14.2. The first-order chi connectivity index (χ1) is 13.4. The summed E-state index contributed by atoms with van der Waals surface area (Å²) >= 11 is 0. The zero-order valence-corrected chi connectivity index (χ0v) is 16.5. The molecule has 1 saturated heterocycles. The Bertz CT molecular complexity index is 876. The van der Waals surface area contributed by atoms with E-state index in [-0.39, 0.29) is 23.7 Å². The van der Waals surface area contributed by atoms with Crippen LogP contribution >= 0.6 is 0 Å². The number of hydrogen-bond acceptors (Lipinski definition) is 7. The molecule has 2 N–H and O–H groups in total. The van der Waals surface area contributed by atoms with E-state index in [0.717, 1.165) is 30.0 Å². The Hall–Kier alpha value is -2.81. The van der Waals surface area contributed by atoms with Crippen LogP contribution in [0.4, 0.5) is 10.2 Å². The molecule has 1 aliphatic rings. The lowest BCUT2D eigenvalue weighted by atomic mass is 10.2. The van der Waals surface area contributed by atoms with Crippen molar-refractivity contribution in [3.63, 3.8) is 0 Å². The summed E-state index contributed by atoms with van der Waals surface area (Å²) in [6.07, 6.45) is 2.43. The molecule has 0 bridgehead atoms. The molecule has 2 aromatic rings. The highest BCUT2D eigenvalue weighted by Gasteiger charge is 2.26. The molecular weight excluding hydrogens is 363 g/mol. The average Bonchev–Trinajstić information content (AvgIpc) is 3.17. The highest BCUT2D eigenvalue weighted by Crippen LogP contribution is 2.24. The molecule has 1 atom stereocenters. The van der Waals surface area contributed by atoms with E-state index in [4.69, 9.17) is 4.74 Å². The molecule has 1 aliphatic heterocycles. The summed E-state index contributed by atoms with van der Waals surface area (Å²) in [5.74, 6) is 0.196. The standard InChI is InChI=1S/C19H25FN6O2/c1-11-12(2)24-16(18(27)21-3)25-17(11)26-8-6-14(10-26)23-9-13-5-7-22-19(28-4)15(13)20/h5,7,14,23H,6,8-10H2,1-4H3,(H,21,27)/t14-/m1/s1. The first-order valence-corrected chi connectivity index (χ1v) is 9.17. The molecule has 0 saturated carbocycles. The summed E-state index contributed by atoms with van der Waals surface area (Å²) in [6, 6.07) is 1.82. The second-order valence-electron chi connectivity index (χ2n) is 6.77. The number of halogens is 1. The molecule has 150 valence electrons. The zero-order chi connectivity index (χ0) is 20.3. The molecule has 0 aromatic carbocycles. The van der Waals surface area contributed by atoms with Crippen LogP contribution in [0, 0.1) is 19.7 Å². The summed E-state index contributed by atoms with van der Waals surface area (Å²) in [4.78, 5) is 26.7. The number of methoxy groups -OCH3 is 1. The quantitative estimate of drug-likeness (QED) is 0.772. The fraction of sp³-hybridized carbons (Fsp3) is 0.474. The molecule has 2 aromatic heterocycles. The van der Waals surface area contributed by atoms with Crippen molar-refractivity contribution in [1.29, 1.82) is 0 Å². The van der Waals surface area contributed by atoms with Crippen LogP contribution in [0.5, 0.6) is 5.88 Å². The predicted octanol–water partition coefficient (Wildman–Crippen LogP) is 1.36. The summed E-state index contributed by atoms with van der Waals surface area (Å²) in [7, 11) is 2.96. The number of nitrogens with one attached hydrogen (secondary N) is 2. The van der Waals surface area contributed by atoms with E-state index in [9.17, 15) is 9.18 Å². The zero-order valence-electron chi connectivity index (χ0n) is 16.5. The SMILES string of the molecule is CNC(=O)c1nc(C)c(C)c(N2CC[C@@H](NCc3ccnc(OC)c3F)C2)n1. The predicted molar refractivity (Wildman–Crippen MR) is 103 cm³/mol. The van der Waals surface area contributed by atoms with Gasteiger partial charge in [-0.3, -0.25) is 4.79 Å². The van der Waals surface area contributed by atoms with Crippen molar-refractivity contribution < 1.29 is 13.9 Å². The van der Waals surface area contributed by atoms with Gasteiger partial charge in [0.15, 0.2) is 5.82 Å². The molecular formula is C19H25FN6O2. The van der Waals surface area contributed by atoms with Gasteiger partial charge in [-0.15, -0.1) is 0 Å². The largest absolute Gasteiger partial charge is 0.479 e. The summed E-state index contributed by atoms with van der Waals surface area (Å²) < 4.78 is 19.2. The number of amides is 1. The fourth-order valence-electron chi connectivity index (χ4n) is 3.25. The first kappa shape index (κ1) is 19.9. The first-order valence-electron chi connectivity index (χ1n) is 9.17. The Labute approximate surface area is 163 Å². The van der Waals surface area contributed by atoms with Crippen molar-refractivity contribution in [2.24, 2.45) is 0 Å². The van der Waals surface area contributed by atoms with E-state index >= 15 is 0 Å². The third-order valence-electron chi connectivity index (χ3n) is 4.99. The van der Waals surface area contributed by atoms with Gasteiger partial charge in [0, 0.05) is 55.7 Å². The number of aryl methyl sites for hydroxylation is 1. The molecule has 0 radical (unpaired) electrons. The van der Waals surface area contributed by atoms with Gasteiger partial charge in [0.05, 0.1) is 7.11 Å². The van der Waals surface area contributed by atoms with Crippen LogP contribution < -0.4 is 20.3 Å². The van der Waals surface area contributed by atoms with Gasteiger partial charge in [-0.05, 0) is 26.3 Å². The minimum Gasteiger partial charge on any atom is -0.479 e. The number of carbonyl (C=O) groups is 1. The molecule has 3 heterocycles. The molecule has 28 heavy (non-hydrogen) atoms. The van der Waals surface area contributed by atoms with Crippen molar-refractivity contribution in [2.75, 3.05) is 32.1 Å². The monoisotopic (exact) mass is 388 g/mol. The fourth-order valence-corrected chi connectivity index (χ4v) is 3.25. The molecule has 3 rings (SSSR count). The molecule has 0 spiro atoms. The van der Waals surface area contributed by atoms with Crippen molar-refractivity contribution >= 4 is 11.7 Å². The van der Waals surface area contributed by atoms with Crippen molar-refractivity contribution in [1.82, 2.24) is 25.6 Å². The average molecular weight is 388 g/mol. The van der Waals surface area contributed by atoms with Gasteiger partial charge in [0.2, 0.25) is 11.7 Å². The highest BCUT2D eigenvalue weighted by molar-refractivity contribution is 5.90. The Balaban J connectivity index is 1.69. The van der Waals surface area contributed by atoms with E-state index in [0.29, 0.717) is 18.7 Å². The van der Waals surface area contributed by atoms with E-state index in [1.165, 1.54) is 13.3 Å². The smallest absolute Gasteiger partial charge is 0.288 e. The topological polar surface area (TPSA) is 92.3 Å². The van der Waals surface area contributed by atoms with Crippen LogP contribution in [-0.4, -0.2) is 54.1 Å². The molecule has 9 heteroatoms. The number of aromatic nitrogens is 3. The number of hydrogen-bond donors (Lipinski definition) is 2. The van der Waals surface area contributed by atoms with Crippen LogP contribution in [0.2, 0.25) is 0 Å². The third kappa shape index (κ3) is 4.04. The number of pyridine rings is 1. The lowest BCUT2D eigenvalue weighted by Gasteiger charge is -2.21. The van der Waals surface area contributed by atoms with Crippen LogP contribution in [-0.2, 0) is 6.54 Å². The van der Waals surface area contributed by atoms with E-state index in [2.05, 4.69) is 30.5 Å². The van der Waals surface area contributed by atoms with Gasteiger partial charge >= 0.3 is 0 Å². The lowest BCUT2D eigenvalue weighted by Crippen LogP contribution is -2.33. The van der Waals surface area contributed by atoms with Crippen molar-refractivity contribution in [3.05, 3.63) is 40.7 Å². The minimum atomic E-state index is -0.440. The second-order valence-corrected chi connectivity index (χ2v) is 6.77. The van der Waals surface area contributed by atoms with E-state index in [1.807, 2.05) is 13.8 Å². The molecule has 0 unspecified atom stereocenters. The van der Waals surface area contributed by atoms with Crippen molar-refractivity contribution in [3.8, 4) is 5.88 Å². The lowest BCUT2D eigenvalue weighted by molar-refractivity contribution is 0.0952. The van der Waals surface area contributed by atoms with Crippen molar-refractivity contribution in [2.45, 2.75) is 32.9 Å². The molecule has 1 fully saturated rings.